The van der Waals surface area contributed by atoms with Gasteiger partial charge in [-0.05, 0) is 32.0 Å². The zero-order valence-electron chi connectivity index (χ0n) is 12.4. The van der Waals surface area contributed by atoms with E-state index in [1.807, 2.05) is 0 Å². The zero-order valence-corrected chi connectivity index (χ0v) is 12.4. The summed E-state index contributed by atoms with van der Waals surface area (Å²) in [5.74, 6) is -0.0249. The number of ether oxygens (including phenoxy) is 1. The fraction of sp³-hybridized carbons (Fsp3) is 0.400. The van der Waals surface area contributed by atoms with E-state index in [-0.39, 0.29) is 24.1 Å². The van der Waals surface area contributed by atoms with Crippen molar-refractivity contribution in [3.8, 4) is 5.75 Å². The van der Waals surface area contributed by atoms with Gasteiger partial charge in [0.25, 0.3) is 11.8 Å². The summed E-state index contributed by atoms with van der Waals surface area (Å²) in [5.41, 5.74) is 1.21. The highest BCUT2D eigenvalue weighted by Crippen LogP contribution is 2.32. The number of carbonyl (C=O) groups excluding carboxylic acids is 3. The molecule has 2 aliphatic rings. The van der Waals surface area contributed by atoms with Crippen LogP contribution in [0.5, 0.6) is 5.75 Å². The number of imide groups is 1. The van der Waals surface area contributed by atoms with Gasteiger partial charge in [-0.1, -0.05) is 0 Å². The van der Waals surface area contributed by atoms with Gasteiger partial charge in [0.05, 0.1) is 12.1 Å². The minimum atomic E-state index is -0.565. The lowest BCUT2D eigenvalue weighted by atomic mass is 10.2. The SMILES string of the molecule is CCN1C(=O)C[C@@H](Nc2ccc3c(c2)NC(=O)[C@@H](C)O3)C1=O. The van der Waals surface area contributed by atoms with Crippen molar-refractivity contribution in [2.24, 2.45) is 0 Å². The van der Waals surface area contributed by atoms with Gasteiger partial charge in [0, 0.05) is 12.2 Å². The molecule has 0 aliphatic carbocycles. The molecule has 3 rings (SSSR count). The molecule has 0 saturated carbocycles. The first kappa shape index (κ1) is 14.4. The molecule has 1 aromatic carbocycles. The van der Waals surface area contributed by atoms with Crippen molar-refractivity contribution in [2.45, 2.75) is 32.4 Å². The fourth-order valence-corrected chi connectivity index (χ4v) is 2.63. The molecule has 2 aliphatic heterocycles. The highest BCUT2D eigenvalue weighted by molar-refractivity contribution is 6.07. The van der Waals surface area contributed by atoms with Crippen molar-refractivity contribution in [1.29, 1.82) is 0 Å². The Morgan fingerprint density at radius 1 is 1.36 bits per heavy atom. The number of rotatable bonds is 3. The zero-order chi connectivity index (χ0) is 15.9. The number of likely N-dealkylation sites (tertiary alicyclic amines) is 1. The molecular weight excluding hydrogens is 286 g/mol. The summed E-state index contributed by atoms with van der Waals surface area (Å²) in [6.45, 7) is 3.82. The van der Waals surface area contributed by atoms with Crippen molar-refractivity contribution >= 4 is 29.1 Å². The lowest BCUT2D eigenvalue weighted by Gasteiger charge is -2.24. The van der Waals surface area contributed by atoms with Crippen molar-refractivity contribution < 1.29 is 19.1 Å². The molecule has 0 unspecified atom stereocenters. The third kappa shape index (κ3) is 2.38. The summed E-state index contributed by atoms with van der Waals surface area (Å²) >= 11 is 0. The molecule has 1 fully saturated rings. The largest absolute Gasteiger partial charge is 0.479 e. The average Bonchev–Trinajstić information content (AvgIpc) is 2.74. The third-order valence-electron chi connectivity index (χ3n) is 3.81. The van der Waals surface area contributed by atoms with Crippen LogP contribution in [0.15, 0.2) is 18.2 Å². The van der Waals surface area contributed by atoms with E-state index >= 15 is 0 Å². The van der Waals surface area contributed by atoms with Gasteiger partial charge in [0.1, 0.15) is 11.8 Å². The predicted octanol–water partition coefficient (Wildman–Crippen LogP) is 0.965. The first-order chi connectivity index (χ1) is 10.5. The van der Waals surface area contributed by atoms with Crippen LogP contribution < -0.4 is 15.4 Å². The Hall–Kier alpha value is -2.57. The van der Waals surface area contributed by atoms with E-state index in [0.29, 0.717) is 23.7 Å². The molecule has 0 aromatic heterocycles. The third-order valence-corrected chi connectivity index (χ3v) is 3.81. The highest BCUT2D eigenvalue weighted by atomic mass is 16.5. The molecule has 0 spiro atoms. The Kier molecular flexibility index (Phi) is 3.48. The monoisotopic (exact) mass is 303 g/mol. The van der Waals surface area contributed by atoms with Crippen LogP contribution >= 0.6 is 0 Å². The molecule has 2 heterocycles. The van der Waals surface area contributed by atoms with E-state index < -0.39 is 12.1 Å². The summed E-state index contributed by atoms with van der Waals surface area (Å²) in [7, 11) is 0. The van der Waals surface area contributed by atoms with E-state index in [2.05, 4.69) is 10.6 Å². The highest BCUT2D eigenvalue weighted by Gasteiger charge is 2.37. The minimum absolute atomic E-state index is 0.143. The Labute approximate surface area is 127 Å². The summed E-state index contributed by atoms with van der Waals surface area (Å²) in [6.07, 6.45) is -0.387. The van der Waals surface area contributed by atoms with E-state index in [4.69, 9.17) is 4.74 Å². The number of benzene rings is 1. The van der Waals surface area contributed by atoms with Gasteiger partial charge in [-0.3, -0.25) is 19.3 Å². The first-order valence-electron chi connectivity index (χ1n) is 7.22. The number of likely N-dealkylation sites (N-methyl/N-ethyl adjacent to an activating group) is 1. The van der Waals surface area contributed by atoms with Gasteiger partial charge >= 0.3 is 0 Å². The summed E-state index contributed by atoms with van der Waals surface area (Å²) in [6, 6.07) is 4.62. The second kappa shape index (κ2) is 5.32. The number of hydrogen-bond acceptors (Lipinski definition) is 5. The number of nitrogens with zero attached hydrogens (tertiary/aromatic N) is 1. The second-order valence-electron chi connectivity index (χ2n) is 5.34. The molecule has 0 bridgehead atoms. The predicted molar refractivity (Wildman–Crippen MR) is 79.6 cm³/mol. The van der Waals surface area contributed by atoms with Crippen molar-refractivity contribution in [3.05, 3.63) is 18.2 Å². The minimum Gasteiger partial charge on any atom is -0.479 e. The molecule has 7 nitrogen and oxygen atoms in total. The molecular formula is C15H17N3O4. The molecule has 116 valence electrons. The number of nitrogens with one attached hydrogen (secondary N) is 2. The lowest BCUT2D eigenvalue weighted by Crippen LogP contribution is -2.35. The number of amides is 3. The van der Waals surface area contributed by atoms with Crippen LogP contribution in [0.4, 0.5) is 11.4 Å². The fourth-order valence-electron chi connectivity index (χ4n) is 2.63. The van der Waals surface area contributed by atoms with Crippen molar-refractivity contribution in [2.75, 3.05) is 17.2 Å². The molecule has 0 radical (unpaired) electrons. The molecule has 7 heteroatoms. The van der Waals surface area contributed by atoms with Gasteiger partial charge in [0.15, 0.2) is 6.10 Å². The number of carbonyl (C=O) groups is 3. The van der Waals surface area contributed by atoms with Crippen molar-refractivity contribution in [3.63, 3.8) is 0 Å². The van der Waals surface area contributed by atoms with Crippen LogP contribution in [0.3, 0.4) is 0 Å². The van der Waals surface area contributed by atoms with Crippen LogP contribution in [-0.4, -0.2) is 41.3 Å². The average molecular weight is 303 g/mol. The summed E-state index contributed by atoms with van der Waals surface area (Å²) < 4.78 is 5.47. The number of fused-ring (bicyclic) bond motifs is 1. The molecule has 3 amide bonds. The van der Waals surface area contributed by atoms with E-state index in [1.54, 1.807) is 32.0 Å². The quantitative estimate of drug-likeness (QED) is 0.812. The maximum absolute atomic E-state index is 12.1. The second-order valence-corrected chi connectivity index (χ2v) is 5.34. The molecule has 1 saturated heterocycles. The van der Waals surface area contributed by atoms with Crippen molar-refractivity contribution in [1.82, 2.24) is 4.90 Å². The van der Waals surface area contributed by atoms with Crippen LogP contribution in [0.25, 0.3) is 0 Å². The Bertz CT molecular complexity index is 658. The van der Waals surface area contributed by atoms with E-state index in [0.717, 1.165) is 0 Å². The number of hydrogen-bond donors (Lipinski definition) is 2. The summed E-state index contributed by atoms with van der Waals surface area (Å²) in [5, 5.41) is 5.79. The Morgan fingerprint density at radius 3 is 2.82 bits per heavy atom. The van der Waals surface area contributed by atoms with Gasteiger partial charge in [-0.25, -0.2) is 0 Å². The van der Waals surface area contributed by atoms with Gasteiger partial charge in [0.2, 0.25) is 5.91 Å². The maximum Gasteiger partial charge on any atom is 0.265 e. The van der Waals surface area contributed by atoms with Crippen LogP contribution in [0.1, 0.15) is 20.3 Å². The number of anilines is 2. The van der Waals surface area contributed by atoms with Crippen LogP contribution in [0.2, 0.25) is 0 Å². The summed E-state index contributed by atoms with van der Waals surface area (Å²) in [4.78, 5) is 36.7. The molecule has 2 N–H and O–H groups in total. The molecule has 1 aromatic rings. The standard InChI is InChI=1S/C15H17N3O4/c1-3-18-13(19)7-11(15(18)21)16-9-4-5-12-10(6-9)17-14(20)8(2)22-12/h4-6,8,11,16H,3,7H2,1-2H3,(H,17,20)/t8-,11-/m1/s1. The first-order valence-corrected chi connectivity index (χ1v) is 7.22. The van der Waals surface area contributed by atoms with E-state index in [9.17, 15) is 14.4 Å². The van der Waals surface area contributed by atoms with Crippen LogP contribution in [0, 0.1) is 0 Å². The van der Waals surface area contributed by atoms with Gasteiger partial charge in [-0.2, -0.15) is 0 Å². The van der Waals surface area contributed by atoms with Gasteiger partial charge < -0.3 is 15.4 Å². The Morgan fingerprint density at radius 2 is 2.14 bits per heavy atom. The van der Waals surface area contributed by atoms with Gasteiger partial charge in [-0.15, -0.1) is 0 Å². The van der Waals surface area contributed by atoms with E-state index in [1.165, 1.54) is 4.90 Å². The topological polar surface area (TPSA) is 87.7 Å². The normalized spacial score (nSPS) is 23.9. The molecule has 2 atom stereocenters. The molecule has 22 heavy (non-hydrogen) atoms. The smallest absolute Gasteiger partial charge is 0.265 e. The Balaban J connectivity index is 1.77. The lowest BCUT2D eigenvalue weighted by molar-refractivity contribution is -0.138. The maximum atomic E-state index is 12.1. The van der Waals surface area contributed by atoms with Crippen LogP contribution in [-0.2, 0) is 14.4 Å².